The number of hydrogen-bond acceptors (Lipinski definition) is 2. The molecule has 1 fully saturated rings. The Morgan fingerprint density at radius 3 is 2.50 bits per heavy atom. The summed E-state index contributed by atoms with van der Waals surface area (Å²) >= 11 is 0. The van der Waals surface area contributed by atoms with Crippen molar-refractivity contribution in [1.82, 2.24) is 0 Å². The third-order valence-electron chi connectivity index (χ3n) is 4.01. The van der Waals surface area contributed by atoms with Crippen LogP contribution in [0.2, 0.25) is 0 Å². The van der Waals surface area contributed by atoms with Gasteiger partial charge in [0.1, 0.15) is 0 Å². The monoisotopic (exact) mass is 243 g/mol. The van der Waals surface area contributed by atoms with E-state index in [2.05, 4.69) is 36.2 Å². The van der Waals surface area contributed by atoms with Gasteiger partial charge in [0.05, 0.1) is 6.54 Å². The molecule has 0 saturated heterocycles. The van der Waals surface area contributed by atoms with E-state index in [-0.39, 0.29) is 0 Å². The normalized spacial score (nSPS) is 18.1. The van der Waals surface area contributed by atoms with Crippen LogP contribution in [0.25, 0.3) is 0 Å². The van der Waals surface area contributed by atoms with E-state index in [1.54, 1.807) is 6.08 Å². The van der Waals surface area contributed by atoms with E-state index < -0.39 is 0 Å². The number of carbonyl (C=O) groups excluding carboxylic acids is 1. The number of benzene rings is 1. The molecule has 1 aromatic carbocycles. The molecular formula is C16H21NO. The fourth-order valence-corrected chi connectivity index (χ4v) is 2.81. The lowest BCUT2D eigenvalue weighted by atomic mass is 9.83. The maximum atomic E-state index is 10.1. The Balaban J connectivity index is 2.02. The number of rotatable bonds is 4. The number of isocyanates is 1. The maximum Gasteiger partial charge on any atom is 0.234 e. The van der Waals surface area contributed by atoms with Crippen LogP contribution in [0.15, 0.2) is 29.3 Å². The first-order chi connectivity index (χ1) is 8.81. The molecule has 2 heteroatoms. The molecule has 2 nitrogen and oxygen atoms in total. The molecule has 0 aliphatic heterocycles. The largest absolute Gasteiger partial charge is 0.234 e. The van der Waals surface area contributed by atoms with Gasteiger partial charge < -0.3 is 0 Å². The Morgan fingerprint density at radius 1 is 1.22 bits per heavy atom. The van der Waals surface area contributed by atoms with Crippen LogP contribution in [0, 0.1) is 0 Å². The Bertz CT molecular complexity index is 411. The predicted octanol–water partition coefficient (Wildman–Crippen LogP) is 4.17. The molecule has 0 N–H and O–H groups in total. The molecule has 0 amide bonds. The molecule has 0 radical (unpaired) electrons. The molecule has 1 saturated carbocycles. The highest BCUT2D eigenvalue weighted by molar-refractivity contribution is 5.34. The Morgan fingerprint density at radius 2 is 1.89 bits per heavy atom. The molecule has 2 rings (SSSR count). The van der Waals surface area contributed by atoms with Crippen molar-refractivity contribution in [3.05, 3.63) is 35.4 Å². The second-order valence-electron chi connectivity index (χ2n) is 5.33. The van der Waals surface area contributed by atoms with Crippen molar-refractivity contribution in [3.8, 4) is 0 Å². The van der Waals surface area contributed by atoms with Gasteiger partial charge in [-0.3, -0.25) is 0 Å². The first-order valence-corrected chi connectivity index (χ1v) is 6.94. The molecule has 0 spiro atoms. The lowest BCUT2D eigenvalue weighted by Gasteiger charge is -2.22. The van der Waals surface area contributed by atoms with Crippen LogP contribution in [0.1, 0.15) is 62.0 Å². The fourth-order valence-electron chi connectivity index (χ4n) is 2.81. The van der Waals surface area contributed by atoms with Gasteiger partial charge in [0.15, 0.2) is 0 Å². The molecule has 0 aromatic heterocycles. The van der Waals surface area contributed by atoms with Crippen molar-refractivity contribution in [2.24, 2.45) is 4.99 Å². The van der Waals surface area contributed by atoms with E-state index in [1.807, 2.05) is 0 Å². The fraction of sp³-hybridized carbons (Fsp3) is 0.562. The zero-order valence-electron chi connectivity index (χ0n) is 11.1. The number of nitrogens with zero attached hydrogens (tertiary/aromatic N) is 1. The molecule has 0 heterocycles. The van der Waals surface area contributed by atoms with Crippen molar-refractivity contribution in [3.63, 3.8) is 0 Å². The minimum Gasteiger partial charge on any atom is -0.211 e. The summed E-state index contributed by atoms with van der Waals surface area (Å²) in [5.74, 6) is 1.06. The summed E-state index contributed by atoms with van der Waals surface area (Å²) in [7, 11) is 0. The summed E-state index contributed by atoms with van der Waals surface area (Å²) in [6, 6.07) is 8.89. The second kappa shape index (κ2) is 6.51. The van der Waals surface area contributed by atoms with Crippen molar-refractivity contribution in [2.45, 2.75) is 50.9 Å². The quantitative estimate of drug-likeness (QED) is 0.576. The third-order valence-corrected chi connectivity index (χ3v) is 4.01. The summed E-state index contributed by atoms with van der Waals surface area (Å²) in [6.07, 6.45) is 8.42. The number of hydrogen-bond donors (Lipinski definition) is 0. The van der Waals surface area contributed by atoms with Crippen molar-refractivity contribution >= 4 is 6.08 Å². The topological polar surface area (TPSA) is 29.4 Å². The van der Waals surface area contributed by atoms with E-state index in [9.17, 15) is 4.79 Å². The van der Waals surface area contributed by atoms with Crippen LogP contribution in [-0.2, 0) is 4.79 Å². The van der Waals surface area contributed by atoms with Gasteiger partial charge in [-0.1, -0.05) is 50.5 Å². The van der Waals surface area contributed by atoms with Gasteiger partial charge in [-0.15, -0.1) is 0 Å². The van der Waals surface area contributed by atoms with E-state index >= 15 is 0 Å². The third kappa shape index (κ3) is 3.30. The van der Waals surface area contributed by atoms with Crippen molar-refractivity contribution < 1.29 is 4.79 Å². The number of aliphatic imine (C=N–C) groups is 1. The van der Waals surface area contributed by atoms with Gasteiger partial charge in [-0.25, -0.2) is 9.79 Å². The van der Waals surface area contributed by atoms with Crippen LogP contribution >= 0.6 is 0 Å². The molecule has 1 aromatic rings. The van der Waals surface area contributed by atoms with Crippen molar-refractivity contribution in [1.29, 1.82) is 0 Å². The average molecular weight is 243 g/mol. The summed E-state index contributed by atoms with van der Waals surface area (Å²) in [4.78, 5) is 13.8. The van der Waals surface area contributed by atoms with Gasteiger partial charge in [-0.2, -0.15) is 0 Å². The van der Waals surface area contributed by atoms with Gasteiger partial charge >= 0.3 is 0 Å². The second-order valence-corrected chi connectivity index (χ2v) is 5.33. The molecule has 18 heavy (non-hydrogen) atoms. The molecule has 1 unspecified atom stereocenters. The molecular weight excluding hydrogens is 222 g/mol. The molecule has 0 bridgehead atoms. The van der Waals surface area contributed by atoms with Crippen LogP contribution < -0.4 is 0 Å². The van der Waals surface area contributed by atoms with E-state index in [0.717, 1.165) is 5.92 Å². The zero-order valence-corrected chi connectivity index (χ0v) is 11.1. The van der Waals surface area contributed by atoms with Gasteiger partial charge in [0, 0.05) is 5.92 Å². The highest BCUT2D eigenvalue weighted by Gasteiger charge is 2.15. The van der Waals surface area contributed by atoms with E-state index in [1.165, 1.54) is 43.2 Å². The Labute approximate surface area is 109 Å². The summed E-state index contributed by atoms with van der Waals surface area (Å²) in [5.41, 5.74) is 2.73. The first kappa shape index (κ1) is 13.0. The maximum absolute atomic E-state index is 10.1. The van der Waals surface area contributed by atoms with Crippen LogP contribution in [0.5, 0.6) is 0 Å². The highest BCUT2D eigenvalue weighted by atomic mass is 16.1. The lowest BCUT2D eigenvalue weighted by molar-refractivity contribution is 0.443. The average Bonchev–Trinajstić information content (AvgIpc) is 2.46. The van der Waals surface area contributed by atoms with Gasteiger partial charge in [0.25, 0.3) is 0 Å². The van der Waals surface area contributed by atoms with Gasteiger partial charge in [0.2, 0.25) is 6.08 Å². The van der Waals surface area contributed by atoms with Gasteiger partial charge in [-0.05, 0) is 29.9 Å². The molecule has 1 aliphatic carbocycles. The summed E-state index contributed by atoms with van der Waals surface area (Å²) in [6.45, 7) is 2.63. The Hall–Kier alpha value is -1.40. The molecule has 96 valence electrons. The minimum absolute atomic E-state index is 0.298. The van der Waals surface area contributed by atoms with Crippen molar-refractivity contribution in [2.75, 3.05) is 6.54 Å². The summed E-state index contributed by atoms with van der Waals surface area (Å²) in [5, 5.41) is 0. The lowest BCUT2D eigenvalue weighted by Crippen LogP contribution is -2.05. The van der Waals surface area contributed by atoms with E-state index in [0.29, 0.717) is 12.5 Å². The SMILES string of the molecule is CC(CN=C=O)c1ccc(C2CCCCC2)cc1. The molecule has 1 atom stereocenters. The predicted molar refractivity (Wildman–Crippen MR) is 73.7 cm³/mol. The Kier molecular flexibility index (Phi) is 4.72. The molecule has 1 aliphatic rings. The van der Waals surface area contributed by atoms with E-state index in [4.69, 9.17) is 0 Å². The van der Waals surface area contributed by atoms with Crippen LogP contribution in [-0.4, -0.2) is 12.6 Å². The smallest absolute Gasteiger partial charge is 0.211 e. The zero-order chi connectivity index (χ0) is 12.8. The minimum atomic E-state index is 0.298. The van der Waals surface area contributed by atoms with Crippen LogP contribution in [0.4, 0.5) is 0 Å². The first-order valence-electron chi connectivity index (χ1n) is 6.94. The summed E-state index contributed by atoms with van der Waals surface area (Å²) < 4.78 is 0. The standard InChI is InChI=1S/C16H21NO/c1-13(11-17-12-18)14-7-9-16(10-8-14)15-5-3-2-4-6-15/h7-10,13,15H,2-6,11H2,1H3. The highest BCUT2D eigenvalue weighted by Crippen LogP contribution is 2.33. The van der Waals surface area contributed by atoms with Crippen LogP contribution in [0.3, 0.4) is 0 Å².